The Bertz CT molecular complexity index is 1880. The third kappa shape index (κ3) is 8.16. The summed E-state index contributed by atoms with van der Waals surface area (Å²) in [6.07, 6.45) is 0. The summed E-state index contributed by atoms with van der Waals surface area (Å²) in [5.41, 5.74) is 6.46. The molecule has 1 aliphatic heterocycles. The van der Waals surface area contributed by atoms with Gasteiger partial charge in [-0.25, -0.2) is 9.78 Å². The number of pyridine rings is 1. The predicted octanol–water partition coefficient (Wildman–Crippen LogP) is 5.56. The van der Waals surface area contributed by atoms with Crippen LogP contribution in [0.2, 0.25) is 0 Å². The molecule has 2 heterocycles. The number of aromatic nitrogens is 1. The third-order valence-electron chi connectivity index (χ3n) is 8.36. The summed E-state index contributed by atoms with van der Waals surface area (Å²) < 4.78 is 23.3. The summed E-state index contributed by atoms with van der Waals surface area (Å²) >= 11 is 0. The molecule has 1 aromatic heterocycles. The van der Waals surface area contributed by atoms with E-state index in [2.05, 4.69) is 15.6 Å². The van der Waals surface area contributed by atoms with E-state index in [1.165, 1.54) is 13.2 Å². The lowest BCUT2D eigenvalue weighted by Crippen LogP contribution is -2.63. The molecule has 0 radical (unpaired) electrons. The number of carbonyl (C=O) groups excluding carboxylic acids is 3. The van der Waals surface area contributed by atoms with Crippen molar-refractivity contribution in [2.75, 3.05) is 25.6 Å². The molecule has 1 fully saturated rings. The van der Waals surface area contributed by atoms with Crippen molar-refractivity contribution >= 4 is 29.3 Å². The van der Waals surface area contributed by atoms with Crippen molar-refractivity contribution < 1.29 is 33.3 Å². The summed E-state index contributed by atoms with van der Waals surface area (Å²) in [7, 11) is 1.43. The largest absolute Gasteiger partial charge is 0.481 e. The monoisotopic (exact) mass is 679 g/mol. The number of nitrogens with one attached hydrogen (secondary N) is 3. The van der Waals surface area contributed by atoms with Gasteiger partial charge in [0.25, 0.3) is 11.8 Å². The molecule has 50 heavy (non-hydrogen) atoms. The number of hydrogen-bond donors (Lipinski definition) is 4. The van der Waals surface area contributed by atoms with Crippen molar-refractivity contribution in [2.45, 2.75) is 45.6 Å². The fraction of sp³-hybridized carbons (Fsp3) is 0.289. The highest BCUT2D eigenvalue weighted by molar-refractivity contribution is 6.10. The third-order valence-corrected chi connectivity index (χ3v) is 8.36. The molecule has 0 spiro atoms. The Morgan fingerprint density at radius 1 is 0.900 bits per heavy atom. The van der Waals surface area contributed by atoms with E-state index in [0.717, 1.165) is 5.56 Å². The number of nitrogens with zero attached hydrogens (tertiary/aromatic N) is 1. The Balaban J connectivity index is 1.53. The van der Waals surface area contributed by atoms with Crippen LogP contribution in [0.5, 0.6) is 5.88 Å². The Morgan fingerprint density at radius 3 is 2.20 bits per heavy atom. The number of nitrogen functional groups attached to an aromatic ring is 1. The van der Waals surface area contributed by atoms with E-state index in [1.807, 2.05) is 58.0 Å². The molecule has 1 aliphatic rings. The molecule has 1 saturated heterocycles. The molecule has 0 bridgehead atoms. The molecule has 5 N–H and O–H groups in total. The number of hydrogen-bond acceptors (Lipinski definition) is 9. The minimum absolute atomic E-state index is 0.0164. The van der Waals surface area contributed by atoms with Crippen LogP contribution in [0.1, 0.15) is 70.0 Å². The highest BCUT2D eigenvalue weighted by Gasteiger charge is 2.44. The number of amides is 2. The van der Waals surface area contributed by atoms with Gasteiger partial charge in [-0.1, -0.05) is 50.2 Å². The lowest BCUT2D eigenvalue weighted by molar-refractivity contribution is -0.245. The van der Waals surface area contributed by atoms with Crippen LogP contribution in [0.3, 0.4) is 0 Å². The molecule has 12 nitrogen and oxygen atoms in total. The molecule has 2 amide bonds. The van der Waals surface area contributed by atoms with Crippen LogP contribution < -0.4 is 21.1 Å². The van der Waals surface area contributed by atoms with Crippen molar-refractivity contribution in [3.05, 3.63) is 113 Å². The van der Waals surface area contributed by atoms with Gasteiger partial charge in [0.05, 0.1) is 31.5 Å². The van der Waals surface area contributed by atoms with E-state index in [-0.39, 0.29) is 54.3 Å². The van der Waals surface area contributed by atoms with E-state index in [4.69, 9.17) is 30.1 Å². The lowest BCUT2D eigenvalue weighted by atomic mass is 9.94. The van der Waals surface area contributed by atoms with Gasteiger partial charge in [-0.3, -0.25) is 15.0 Å². The van der Waals surface area contributed by atoms with Gasteiger partial charge in [0, 0.05) is 34.4 Å². The van der Waals surface area contributed by atoms with E-state index in [9.17, 15) is 14.4 Å². The number of methoxy groups -OCH3 is 1. The molecule has 260 valence electrons. The molecule has 0 aliphatic carbocycles. The maximum absolute atomic E-state index is 13.8. The molecule has 4 aromatic rings. The van der Waals surface area contributed by atoms with Crippen LogP contribution in [0, 0.1) is 11.3 Å². The molecule has 3 aromatic carbocycles. The molecule has 5 rings (SSSR count). The molecule has 0 saturated carbocycles. The number of rotatable bonds is 11. The average Bonchev–Trinajstić information content (AvgIpc) is 3.11. The van der Waals surface area contributed by atoms with Crippen LogP contribution in [0.4, 0.5) is 5.69 Å². The van der Waals surface area contributed by atoms with Gasteiger partial charge in [-0.15, -0.1) is 0 Å². The van der Waals surface area contributed by atoms with Crippen LogP contribution in [0.25, 0.3) is 11.1 Å². The summed E-state index contributed by atoms with van der Waals surface area (Å²) in [6.45, 7) is 8.09. The zero-order valence-electron chi connectivity index (χ0n) is 28.7. The minimum Gasteiger partial charge on any atom is -0.481 e. The van der Waals surface area contributed by atoms with Gasteiger partial charge in [-0.2, -0.15) is 0 Å². The SMILES string of the molecule is COc1ccc(-c2ccc(C(=O)NC3(C(C)C)COC(C)(C)CO3)cc2C(=O)OCc2ccccc2)c(C(=O)Nc2ccc(C(=N)N)cc2)n1. The first-order chi connectivity index (χ1) is 23.8. The lowest BCUT2D eigenvalue weighted by Gasteiger charge is -2.46. The van der Waals surface area contributed by atoms with Gasteiger partial charge in [0.15, 0.2) is 5.72 Å². The topological polar surface area (TPSA) is 175 Å². The molecule has 1 atom stereocenters. The minimum atomic E-state index is -1.09. The fourth-order valence-corrected chi connectivity index (χ4v) is 5.26. The van der Waals surface area contributed by atoms with Crippen LogP contribution >= 0.6 is 0 Å². The van der Waals surface area contributed by atoms with E-state index < -0.39 is 29.1 Å². The molecule has 1 unspecified atom stereocenters. The predicted molar refractivity (Wildman–Crippen MR) is 188 cm³/mol. The van der Waals surface area contributed by atoms with E-state index >= 15 is 0 Å². The van der Waals surface area contributed by atoms with Crippen LogP contribution in [0.15, 0.2) is 84.9 Å². The first kappa shape index (κ1) is 35.7. The number of benzene rings is 3. The molecular formula is C38H41N5O7. The number of nitrogens with two attached hydrogens (primary N) is 1. The number of carbonyl (C=O) groups is 3. The molecule has 12 heteroatoms. The van der Waals surface area contributed by atoms with Crippen LogP contribution in [-0.2, 0) is 20.8 Å². The van der Waals surface area contributed by atoms with Crippen molar-refractivity contribution in [1.82, 2.24) is 10.3 Å². The first-order valence-electron chi connectivity index (χ1n) is 16.1. The highest BCUT2D eigenvalue weighted by atomic mass is 16.6. The number of amidine groups is 1. The van der Waals surface area contributed by atoms with Gasteiger partial charge < -0.3 is 35.3 Å². The standard InChI is InChI=1S/C38H41N5O7/c1-23(2)38(22-49-37(3,4)21-50-38)43-34(44)26-13-16-28(30(19-26)36(46)48-20-24-9-7-6-8-10-24)29-17-18-31(47-5)42-32(29)35(45)41-27-14-11-25(12-15-27)33(39)40/h6-19,23H,20-22H2,1-5H3,(H3,39,40)(H,41,45)(H,43,44). The Hall–Kier alpha value is -5.59. The number of ether oxygens (including phenoxy) is 4. The van der Waals surface area contributed by atoms with Gasteiger partial charge in [0.2, 0.25) is 5.88 Å². The second-order valence-electron chi connectivity index (χ2n) is 12.9. The fourth-order valence-electron chi connectivity index (χ4n) is 5.26. The zero-order chi connectivity index (χ0) is 36.1. The van der Waals surface area contributed by atoms with Crippen molar-refractivity contribution in [3.63, 3.8) is 0 Å². The highest BCUT2D eigenvalue weighted by Crippen LogP contribution is 2.32. The maximum Gasteiger partial charge on any atom is 0.339 e. The summed E-state index contributed by atoms with van der Waals surface area (Å²) in [4.78, 5) is 45.8. The smallest absolute Gasteiger partial charge is 0.339 e. The van der Waals surface area contributed by atoms with Crippen molar-refractivity contribution in [2.24, 2.45) is 11.7 Å². The van der Waals surface area contributed by atoms with Gasteiger partial charge in [0.1, 0.15) is 18.1 Å². The van der Waals surface area contributed by atoms with E-state index in [0.29, 0.717) is 22.4 Å². The second kappa shape index (κ2) is 14.9. The maximum atomic E-state index is 13.8. The Morgan fingerprint density at radius 2 is 1.58 bits per heavy atom. The van der Waals surface area contributed by atoms with Crippen LogP contribution in [-0.4, -0.2) is 60.3 Å². The number of esters is 1. The van der Waals surface area contributed by atoms with Gasteiger partial charge in [-0.05, 0) is 67.4 Å². The van der Waals surface area contributed by atoms with Crippen molar-refractivity contribution in [3.8, 4) is 17.0 Å². The Labute approximate surface area is 290 Å². The van der Waals surface area contributed by atoms with Gasteiger partial charge >= 0.3 is 5.97 Å². The number of anilines is 1. The summed E-state index contributed by atoms with van der Waals surface area (Å²) in [5.74, 6) is -1.85. The summed E-state index contributed by atoms with van der Waals surface area (Å²) in [5, 5.41) is 13.4. The Kier molecular flexibility index (Phi) is 10.6. The first-order valence-corrected chi connectivity index (χ1v) is 16.1. The normalized spacial score (nSPS) is 16.7. The van der Waals surface area contributed by atoms with Crippen molar-refractivity contribution in [1.29, 1.82) is 5.41 Å². The zero-order valence-corrected chi connectivity index (χ0v) is 28.7. The molecular weight excluding hydrogens is 638 g/mol. The quantitative estimate of drug-likeness (QED) is 0.0899. The average molecular weight is 680 g/mol. The van der Waals surface area contributed by atoms with E-state index in [1.54, 1.807) is 48.5 Å². The second-order valence-corrected chi connectivity index (χ2v) is 12.9. The summed E-state index contributed by atoms with van der Waals surface area (Å²) in [6, 6.07) is 23.4.